The number of nitrogens with zero attached hydrogens (tertiary/aromatic N) is 2. The molecule has 1 aromatic rings. The Morgan fingerprint density at radius 3 is 2.90 bits per heavy atom. The minimum Gasteiger partial charge on any atom is -0.322 e. The Hall–Kier alpha value is -0.830. The number of sulfonamides is 1. The monoisotopic (exact) mass is 331 g/mol. The van der Waals surface area contributed by atoms with E-state index in [-0.39, 0.29) is 17.7 Å². The average molecular weight is 331 g/mol. The summed E-state index contributed by atoms with van der Waals surface area (Å²) >= 11 is 1.39. The molecule has 2 unspecified atom stereocenters. The summed E-state index contributed by atoms with van der Waals surface area (Å²) in [5.74, 6) is 0.0416. The molecule has 6 nitrogen and oxygen atoms in total. The maximum Gasteiger partial charge on any atom is 0.211 e. The maximum atomic E-state index is 12.2. The van der Waals surface area contributed by atoms with E-state index >= 15 is 0 Å². The quantitative estimate of drug-likeness (QED) is 0.823. The minimum atomic E-state index is -3.17. The van der Waals surface area contributed by atoms with Crippen molar-refractivity contribution in [1.82, 2.24) is 9.29 Å². The zero-order valence-electron chi connectivity index (χ0n) is 12.3. The topological polar surface area (TPSA) is 93.4 Å². The van der Waals surface area contributed by atoms with Gasteiger partial charge in [-0.15, -0.1) is 11.3 Å². The molecule has 118 valence electrons. The average Bonchev–Trinajstić information content (AvgIpc) is 2.88. The molecule has 1 aliphatic rings. The highest BCUT2D eigenvalue weighted by molar-refractivity contribution is 7.88. The van der Waals surface area contributed by atoms with Crippen LogP contribution in [-0.2, 0) is 10.0 Å². The van der Waals surface area contributed by atoms with E-state index in [4.69, 9.17) is 5.73 Å². The molecule has 21 heavy (non-hydrogen) atoms. The van der Waals surface area contributed by atoms with Crippen molar-refractivity contribution in [2.24, 2.45) is 11.7 Å². The molecule has 0 spiro atoms. The van der Waals surface area contributed by atoms with E-state index in [0.29, 0.717) is 25.2 Å². The molecule has 2 N–H and O–H groups in total. The Labute approximate surface area is 129 Å². The second-order valence-electron chi connectivity index (χ2n) is 5.62. The lowest BCUT2D eigenvalue weighted by molar-refractivity contribution is 0.0938. The van der Waals surface area contributed by atoms with Gasteiger partial charge in [-0.25, -0.2) is 17.7 Å². The number of Topliss-reactive ketones (excluding diaryl/α,β-unsaturated/α-hetero) is 1. The molecule has 2 atom stereocenters. The summed E-state index contributed by atoms with van der Waals surface area (Å²) in [6.45, 7) is 2.81. The molecule has 1 fully saturated rings. The predicted octanol–water partition coefficient (Wildman–Crippen LogP) is 1.41. The molecular weight excluding hydrogens is 310 g/mol. The van der Waals surface area contributed by atoms with Crippen molar-refractivity contribution >= 4 is 27.1 Å². The number of nitrogens with two attached hydrogens (primary N) is 1. The van der Waals surface area contributed by atoms with E-state index in [1.54, 1.807) is 5.38 Å². The van der Waals surface area contributed by atoms with Crippen molar-refractivity contribution < 1.29 is 13.2 Å². The molecule has 2 heterocycles. The lowest BCUT2D eigenvalue weighted by atomic mass is 9.93. The van der Waals surface area contributed by atoms with Gasteiger partial charge in [0.1, 0.15) is 10.7 Å². The molecule has 0 aliphatic carbocycles. The van der Waals surface area contributed by atoms with Gasteiger partial charge in [0.05, 0.1) is 12.3 Å². The third-order valence-electron chi connectivity index (χ3n) is 3.62. The number of thiazole rings is 1. The van der Waals surface area contributed by atoms with E-state index in [0.717, 1.165) is 17.8 Å². The molecule has 1 saturated heterocycles. The largest absolute Gasteiger partial charge is 0.322 e. The molecular formula is C13H21N3O3S2. The van der Waals surface area contributed by atoms with Crippen LogP contribution in [-0.4, -0.2) is 42.8 Å². The van der Waals surface area contributed by atoms with Crippen LogP contribution in [0, 0.1) is 5.92 Å². The second kappa shape index (κ2) is 6.51. The molecule has 0 radical (unpaired) electrons. The summed E-state index contributed by atoms with van der Waals surface area (Å²) in [5, 5.41) is 2.48. The lowest BCUT2D eigenvalue weighted by Gasteiger charge is -2.30. The summed E-state index contributed by atoms with van der Waals surface area (Å²) in [7, 11) is -3.17. The Morgan fingerprint density at radius 1 is 1.62 bits per heavy atom. The van der Waals surface area contributed by atoms with Crippen molar-refractivity contribution in [2.45, 2.75) is 32.2 Å². The van der Waals surface area contributed by atoms with Gasteiger partial charge < -0.3 is 5.73 Å². The SMILES string of the molecule is CC(N)c1nc(C(=O)CC2CCCN(S(C)(=O)=O)C2)cs1. The van der Waals surface area contributed by atoms with Gasteiger partial charge in [-0.1, -0.05) is 0 Å². The summed E-state index contributed by atoms with van der Waals surface area (Å²) in [5.41, 5.74) is 6.19. The van der Waals surface area contributed by atoms with Crippen molar-refractivity contribution in [3.05, 3.63) is 16.1 Å². The number of hydrogen-bond donors (Lipinski definition) is 1. The van der Waals surface area contributed by atoms with E-state index in [1.165, 1.54) is 21.9 Å². The highest BCUT2D eigenvalue weighted by Gasteiger charge is 2.28. The minimum absolute atomic E-state index is 0.0292. The smallest absolute Gasteiger partial charge is 0.211 e. The van der Waals surface area contributed by atoms with Crippen LogP contribution in [0.1, 0.15) is 47.7 Å². The maximum absolute atomic E-state index is 12.2. The number of hydrogen-bond acceptors (Lipinski definition) is 6. The Morgan fingerprint density at radius 2 is 2.33 bits per heavy atom. The van der Waals surface area contributed by atoms with Crippen LogP contribution in [0.15, 0.2) is 5.38 Å². The highest BCUT2D eigenvalue weighted by Crippen LogP contribution is 2.24. The van der Waals surface area contributed by atoms with E-state index in [9.17, 15) is 13.2 Å². The van der Waals surface area contributed by atoms with Gasteiger partial charge in [-0.3, -0.25) is 4.79 Å². The molecule has 2 rings (SSSR count). The van der Waals surface area contributed by atoms with Crippen LogP contribution in [0.2, 0.25) is 0 Å². The molecule has 0 bridgehead atoms. The number of aromatic nitrogens is 1. The van der Waals surface area contributed by atoms with Gasteiger partial charge in [0, 0.05) is 24.9 Å². The fourth-order valence-electron chi connectivity index (χ4n) is 2.49. The zero-order chi connectivity index (χ0) is 15.6. The van der Waals surface area contributed by atoms with Crippen molar-refractivity contribution in [1.29, 1.82) is 0 Å². The first kappa shape index (κ1) is 16.5. The third kappa shape index (κ3) is 4.32. The summed E-state index contributed by atoms with van der Waals surface area (Å²) in [4.78, 5) is 16.5. The van der Waals surface area contributed by atoms with Crippen LogP contribution in [0.4, 0.5) is 0 Å². The first-order valence-electron chi connectivity index (χ1n) is 6.96. The van der Waals surface area contributed by atoms with E-state index < -0.39 is 10.0 Å². The van der Waals surface area contributed by atoms with Crippen molar-refractivity contribution in [3.63, 3.8) is 0 Å². The predicted molar refractivity (Wildman–Crippen MR) is 82.8 cm³/mol. The molecule has 1 aromatic heterocycles. The molecule has 8 heteroatoms. The standard InChI is InChI=1S/C13H21N3O3S2/c1-9(14)13-15-11(8-20-13)12(17)6-10-4-3-5-16(7-10)21(2,18)19/h8-10H,3-7,14H2,1-2H3. The van der Waals surface area contributed by atoms with Crippen LogP contribution in [0.3, 0.4) is 0 Å². The Kier molecular flexibility index (Phi) is 5.13. The van der Waals surface area contributed by atoms with Gasteiger partial charge in [-0.2, -0.15) is 0 Å². The molecule has 1 aliphatic heterocycles. The van der Waals surface area contributed by atoms with Crippen LogP contribution in [0.5, 0.6) is 0 Å². The second-order valence-corrected chi connectivity index (χ2v) is 8.49. The number of carbonyl (C=O) groups is 1. The summed E-state index contributed by atoms with van der Waals surface area (Å²) in [6, 6.07) is -0.174. The number of rotatable bonds is 5. The highest BCUT2D eigenvalue weighted by atomic mass is 32.2. The van der Waals surface area contributed by atoms with E-state index in [1.807, 2.05) is 6.92 Å². The van der Waals surface area contributed by atoms with Gasteiger partial charge in [0.2, 0.25) is 10.0 Å². The van der Waals surface area contributed by atoms with Gasteiger partial charge >= 0.3 is 0 Å². The normalized spacial score (nSPS) is 22.1. The molecule has 0 aromatic carbocycles. The number of piperidine rings is 1. The first-order valence-corrected chi connectivity index (χ1v) is 9.69. The van der Waals surface area contributed by atoms with Gasteiger partial charge in [-0.05, 0) is 25.7 Å². The van der Waals surface area contributed by atoms with Crippen molar-refractivity contribution in [3.8, 4) is 0 Å². The summed E-state index contributed by atoms with van der Waals surface area (Å²) < 4.78 is 24.6. The third-order valence-corrected chi connectivity index (χ3v) is 5.94. The number of ketones is 1. The Bertz CT molecular complexity index is 610. The van der Waals surface area contributed by atoms with Crippen LogP contribution >= 0.6 is 11.3 Å². The van der Waals surface area contributed by atoms with Gasteiger partial charge in [0.15, 0.2) is 5.78 Å². The first-order chi connectivity index (χ1) is 9.77. The van der Waals surface area contributed by atoms with Gasteiger partial charge in [0.25, 0.3) is 0 Å². The fraction of sp³-hybridized carbons (Fsp3) is 0.692. The van der Waals surface area contributed by atoms with Crippen LogP contribution in [0.25, 0.3) is 0 Å². The molecule has 0 amide bonds. The Balaban J connectivity index is 1.98. The summed E-state index contributed by atoms with van der Waals surface area (Å²) in [6.07, 6.45) is 3.23. The fourth-order valence-corrected chi connectivity index (χ4v) is 4.21. The molecule has 0 saturated carbocycles. The van der Waals surface area contributed by atoms with E-state index in [2.05, 4.69) is 4.98 Å². The number of carbonyl (C=O) groups excluding carboxylic acids is 1. The van der Waals surface area contributed by atoms with Crippen molar-refractivity contribution in [2.75, 3.05) is 19.3 Å². The zero-order valence-corrected chi connectivity index (χ0v) is 13.9. The van der Waals surface area contributed by atoms with Crippen LogP contribution < -0.4 is 5.73 Å². The lowest BCUT2D eigenvalue weighted by Crippen LogP contribution is -2.39.